The molecular weight excluding hydrogens is 361 g/mol. The maximum absolute atomic E-state index is 11.1. The molecular formula is C13H18INO4. The number of halogens is 1. The van der Waals surface area contributed by atoms with E-state index in [1.54, 1.807) is 14.0 Å². The van der Waals surface area contributed by atoms with E-state index in [2.05, 4.69) is 22.6 Å². The lowest BCUT2D eigenvalue weighted by Crippen LogP contribution is -2.21. The molecule has 106 valence electrons. The molecule has 0 amide bonds. The highest BCUT2D eigenvalue weighted by atomic mass is 127. The van der Waals surface area contributed by atoms with Crippen LogP contribution in [-0.4, -0.2) is 32.9 Å². The summed E-state index contributed by atoms with van der Waals surface area (Å²) < 4.78 is 16.3. The average molecular weight is 379 g/mol. The first-order valence-electron chi connectivity index (χ1n) is 5.90. The van der Waals surface area contributed by atoms with Crippen molar-refractivity contribution in [1.29, 1.82) is 0 Å². The number of hydrogen-bond donors (Lipinski definition) is 1. The molecule has 6 heteroatoms. The van der Waals surface area contributed by atoms with Gasteiger partial charge in [-0.1, -0.05) is 0 Å². The van der Waals surface area contributed by atoms with Crippen LogP contribution >= 0.6 is 22.6 Å². The summed E-state index contributed by atoms with van der Waals surface area (Å²) in [6, 6.07) is 5.40. The molecule has 19 heavy (non-hydrogen) atoms. The Balaban J connectivity index is 2.55. The predicted molar refractivity (Wildman–Crippen MR) is 80.1 cm³/mol. The molecule has 0 aliphatic carbocycles. The van der Waals surface area contributed by atoms with Crippen molar-refractivity contribution < 1.29 is 19.0 Å². The van der Waals surface area contributed by atoms with Crippen molar-refractivity contribution in [2.45, 2.75) is 13.0 Å². The number of ether oxygens (including phenoxy) is 3. The van der Waals surface area contributed by atoms with Crippen LogP contribution in [0.1, 0.15) is 18.5 Å². The number of rotatable bonds is 7. The number of hydrogen-bond acceptors (Lipinski definition) is 5. The maximum atomic E-state index is 11.1. The smallest absolute Gasteiger partial charge is 0.332 e. The van der Waals surface area contributed by atoms with E-state index in [1.165, 1.54) is 0 Å². The summed E-state index contributed by atoms with van der Waals surface area (Å²) in [7, 11) is 1.60. The molecule has 0 heterocycles. The molecule has 0 aliphatic rings. The van der Waals surface area contributed by atoms with Crippen LogP contribution in [-0.2, 0) is 14.3 Å². The molecule has 0 aromatic heterocycles. The van der Waals surface area contributed by atoms with E-state index in [9.17, 15) is 4.79 Å². The normalized spacial score (nSPS) is 12.0. The average Bonchev–Trinajstić information content (AvgIpc) is 2.38. The molecule has 1 aromatic rings. The summed E-state index contributed by atoms with van der Waals surface area (Å²) in [6.45, 7) is 2.24. The molecule has 0 spiro atoms. The molecule has 1 atom stereocenters. The van der Waals surface area contributed by atoms with Crippen LogP contribution in [0.2, 0.25) is 0 Å². The minimum atomic E-state index is -0.385. The minimum Gasteiger partial charge on any atom is -0.496 e. The third-order valence-electron chi connectivity index (χ3n) is 2.41. The molecule has 0 saturated heterocycles. The topological polar surface area (TPSA) is 70.8 Å². The van der Waals surface area contributed by atoms with E-state index in [-0.39, 0.29) is 25.2 Å². The van der Waals surface area contributed by atoms with Crippen molar-refractivity contribution in [3.05, 3.63) is 27.3 Å². The van der Waals surface area contributed by atoms with Gasteiger partial charge in [-0.25, -0.2) is 4.79 Å². The van der Waals surface area contributed by atoms with Crippen molar-refractivity contribution in [2.75, 3.05) is 26.9 Å². The molecule has 0 bridgehead atoms. The number of nitrogens with two attached hydrogens (primary N) is 1. The van der Waals surface area contributed by atoms with Crippen molar-refractivity contribution in [3.8, 4) is 5.75 Å². The van der Waals surface area contributed by atoms with E-state index >= 15 is 0 Å². The van der Waals surface area contributed by atoms with Crippen molar-refractivity contribution in [1.82, 2.24) is 0 Å². The Morgan fingerprint density at radius 1 is 1.47 bits per heavy atom. The third kappa shape index (κ3) is 5.33. The molecule has 0 radical (unpaired) electrons. The van der Waals surface area contributed by atoms with Gasteiger partial charge >= 0.3 is 5.97 Å². The Morgan fingerprint density at radius 2 is 2.21 bits per heavy atom. The Hall–Kier alpha value is -0.860. The second kappa shape index (κ2) is 8.34. The van der Waals surface area contributed by atoms with Gasteiger partial charge in [-0.3, -0.25) is 0 Å². The first-order chi connectivity index (χ1) is 9.08. The Morgan fingerprint density at radius 3 is 2.84 bits per heavy atom. The second-order valence-electron chi connectivity index (χ2n) is 3.81. The van der Waals surface area contributed by atoms with Crippen LogP contribution in [0.4, 0.5) is 0 Å². The Labute approximate surface area is 126 Å². The van der Waals surface area contributed by atoms with Gasteiger partial charge in [0.1, 0.15) is 12.4 Å². The summed E-state index contributed by atoms with van der Waals surface area (Å²) in [4.78, 5) is 11.1. The number of carbonyl (C=O) groups excluding carboxylic acids is 1. The molecule has 5 nitrogen and oxygen atoms in total. The molecule has 0 aliphatic heterocycles. The minimum absolute atomic E-state index is 0.0895. The highest BCUT2D eigenvalue weighted by Crippen LogP contribution is 2.25. The highest BCUT2D eigenvalue weighted by Gasteiger charge is 2.13. The zero-order chi connectivity index (χ0) is 14.3. The van der Waals surface area contributed by atoms with E-state index < -0.39 is 0 Å². The van der Waals surface area contributed by atoms with E-state index in [4.69, 9.17) is 19.9 Å². The highest BCUT2D eigenvalue weighted by molar-refractivity contribution is 14.1. The summed E-state index contributed by atoms with van der Waals surface area (Å²) in [5, 5.41) is 0. The van der Waals surface area contributed by atoms with Crippen LogP contribution in [0, 0.1) is 3.57 Å². The van der Waals surface area contributed by atoms with Crippen LogP contribution in [0.15, 0.2) is 18.2 Å². The lowest BCUT2D eigenvalue weighted by molar-refractivity contribution is -0.148. The standard InChI is InChI=1S/C13H18INO4/c1-3-19-13(16)8-18-7-11(15)10-6-9(14)4-5-12(10)17-2/h4-6,11H,3,7-8,15H2,1-2H3. The number of benzene rings is 1. The van der Waals surface area contributed by atoms with Gasteiger partial charge in [-0.2, -0.15) is 0 Å². The number of esters is 1. The van der Waals surface area contributed by atoms with Gasteiger partial charge in [0.05, 0.1) is 26.4 Å². The molecule has 1 unspecified atom stereocenters. The summed E-state index contributed by atoms with van der Waals surface area (Å²) in [5.74, 6) is 0.331. The first kappa shape index (κ1) is 16.2. The van der Waals surface area contributed by atoms with Crippen LogP contribution in [0.5, 0.6) is 5.75 Å². The molecule has 0 saturated carbocycles. The van der Waals surface area contributed by atoms with E-state index in [0.29, 0.717) is 12.4 Å². The maximum Gasteiger partial charge on any atom is 0.332 e. The van der Waals surface area contributed by atoms with Gasteiger partial charge in [-0.05, 0) is 47.7 Å². The Kier molecular flexibility index (Phi) is 7.11. The SMILES string of the molecule is CCOC(=O)COCC(N)c1cc(I)ccc1OC. The van der Waals surface area contributed by atoms with Crippen molar-refractivity contribution >= 4 is 28.6 Å². The zero-order valence-corrected chi connectivity index (χ0v) is 13.2. The zero-order valence-electron chi connectivity index (χ0n) is 11.0. The van der Waals surface area contributed by atoms with Gasteiger partial charge in [0.15, 0.2) is 0 Å². The number of carbonyl (C=O) groups is 1. The summed E-state index contributed by atoms with van der Waals surface area (Å²) >= 11 is 2.21. The Bertz CT molecular complexity index is 425. The fourth-order valence-electron chi connectivity index (χ4n) is 1.56. The van der Waals surface area contributed by atoms with Crippen LogP contribution in [0.25, 0.3) is 0 Å². The molecule has 0 fully saturated rings. The van der Waals surface area contributed by atoms with E-state index in [1.807, 2.05) is 18.2 Å². The lowest BCUT2D eigenvalue weighted by Gasteiger charge is -2.16. The number of methoxy groups -OCH3 is 1. The fraction of sp³-hybridized carbons (Fsp3) is 0.462. The van der Waals surface area contributed by atoms with Crippen molar-refractivity contribution in [3.63, 3.8) is 0 Å². The third-order valence-corrected chi connectivity index (χ3v) is 3.08. The van der Waals surface area contributed by atoms with Crippen LogP contribution < -0.4 is 10.5 Å². The summed E-state index contributed by atoms with van der Waals surface area (Å²) in [6.07, 6.45) is 0. The lowest BCUT2D eigenvalue weighted by atomic mass is 10.1. The molecule has 2 N–H and O–H groups in total. The largest absolute Gasteiger partial charge is 0.496 e. The van der Waals surface area contributed by atoms with Gasteiger partial charge < -0.3 is 19.9 Å². The first-order valence-corrected chi connectivity index (χ1v) is 6.98. The van der Waals surface area contributed by atoms with Crippen molar-refractivity contribution in [2.24, 2.45) is 5.73 Å². The summed E-state index contributed by atoms with van der Waals surface area (Å²) in [5.41, 5.74) is 6.90. The fourth-order valence-corrected chi connectivity index (χ4v) is 2.07. The molecule has 1 rings (SSSR count). The predicted octanol–water partition coefficient (Wildman–Crippen LogP) is 1.88. The van der Waals surface area contributed by atoms with Crippen LogP contribution in [0.3, 0.4) is 0 Å². The van der Waals surface area contributed by atoms with Gasteiger partial charge in [0, 0.05) is 9.13 Å². The quantitative estimate of drug-likeness (QED) is 0.579. The second-order valence-corrected chi connectivity index (χ2v) is 5.06. The van der Waals surface area contributed by atoms with Gasteiger partial charge in [-0.15, -0.1) is 0 Å². The monoisotopic (exact) mass is 379 g/mol. The van der Waals surface area contributed by atoms with E-state index in [0.717, 1.165) is 9.13 Å². The van der Waals surface area contributed by atoms with Gasteiger partial charge in [0.25, 0.3) is 0 Å². The van der Waals surface area contributed by atoms with Gasteiger partial charge in [0.2, 0.25) is 0 Å². The molecule has 1 aromatic carbocycles.